The summed E-state index contributed by atoms with van der Waals surface area (Å²) >= 11 is 0. The van der Waals surface area contributed by atoms with Gasteiger partial charge >= 0.3 is 5.97 Å². The van der Waals surface area contributed by atoms with E-state index in [2.05, 4.69) is 10.2 Å². The van der Waals surface area contributed by atoms with Crippen molar-refractivity contribution < 1.29 is 9.90 Å². The number of carboxylic acid groups (broad SMARTS) is 1. The first-order valence-electron chi connectivity index (χ1n) is 4.99. The molecule has 0 saturated carbocycles. The Hall–Kier alpha value is -1.32. The van der Waals surface area contributed by atoms with E-state index < -0.39 is 11.9 Å². The van der Waals surface area contributed by atoms with Crippen LogP contribution in [0.15, 0.2) is 0 Å². The highest BCUT2D eigenvalue weighted by Gasteiger charge is 2.24. The van der Waals surface area contributed by atoms with Gasteiger partial charge in [0.2, 0.25) is 0 Å². The van der Waals surface area contributed by atoms with Crippen LogP contribution in [0.2, 0.25) is 0 Å². The third-order valence-corrected chi connectivity index (χ3v) is 2.87. The molecule has 1 atom stereocenters. The average Bonchev–Trinajstić information content (AvgIpc) is 2.60. The number of fused-ring (bicyclic) bond motifs is 1. The fourth-order valence-electron chi connectivity index (χ4n) is 1.98. The van der Waals surface area contributed by atoms with Gasteiger partial charge in [-0.15, -0.1) is 0 Å². The van der Waals surface area contributed by atoms with E-state index >= 15 is 0 Å². The molecule has 0 aliphatic heterocycles. The molecule has 0 fully saturated rings. The minimum absolute atomic E-state index is 0.493. The quantitative estimate of drug-likeness (QED) is 0.749. The summed E-state index contributed by atoms with van der Waals surface area (Å²) in [5.41, 5.74) is 3.01. The molecule has 0 bridgehead atoms. The predicted molar refractivity (Wildman–Crippen MR) is 51.3 cm³/mol. The molecular weight excluding hydrogens is 180 g/mol. The molecule has 0 amide bonds. The summed E-state index contributed by atoms with van der Waals surface area (Å²) in [4.78, 5) is 10.8. The lowest BCUT2D eigenvalue weighted by Gasteiger charge is -2.12. The number of hydrogen-bond donors (Lipinski definition) is 2. The van der Waals surface area contributed by atoms with E-state index in [0.29, 0.717) is 0 Å². The predicted octanol–water partition coefficient (Wildman–Crippen LogP) is 1.48. The number of H-pyrrole nitrogens is 1. The Morgan fingerprint density at radius 3 is 2.93 bits per heavy atom. The molecule has 2 rings (SSSR count). The molecule has 0 saturated heterocycles. The van der Waals surface area contributed by atoms with Gasteiger partial charge in [0.25, 0.3) is 0 Å². The molecule has 4 nitrogen and oxygen atoms in total. The Kier molecular flexibility index (Phi) is 2.27. The lowest BCUT2D eigenvalue weighted by atomic mass is 9.92. The van der Waals surface area contributed by atoms with Crippen molar-refractivity contribution in [3.63, 3.8) is 0 Å². The Labute approximate surface area is 82.3 Å². The molecular formula is C10H14N2O2. The van der Waals surface area contributed by atoms with E-state index in [-0.39, 0.29) is 0 Å². The zero-order valence-corrected chi connectivity index (χ0v) is 8.21. The lowest BCUT2D eigenvalue weighted by Crippen LogP contribution is -2.11. The molecule has 4 heteroatoms. The molecule has 1 aromatic heterocycles. The van der Waals surface area contributed by atoms with Crippen molar-refractivity contribution in [3.05, 3.63) is 17.0 Å². The molecule has 2 N–H and O–H groups in total. The Morgan fingerprint density at radius 2 is 2.21 bits per heavy atom. The molecule has 1 aliphatic rings. The van der Waals surface area contributed by atoms with Crippen molar-refractivity contribution in [1.29, 1.82) is 0 Å². The maximum atomic E-state index is 10.8. The van der Waals surface area contributed by atoms with E-state index in [1.165, 1.54) is 6.42 Å². The van der Waals surface area contributed by atoms with Crippen molar-refractivity contribution in [2.75, 3.05) is 0 Å². The van der Waals surface area contributed by atoms with E-state index in [1.54, 1.807) is 6.92 Å². The van der Waals surface area contributed by atoms with Gasteiger partial charge in [0.15, 0.2) is 0 Å². The third kappa shape index (κ3) is 1.41. The summed E-state index contributed by atoms with van der Waals surface area (Å²) in [5.74, 6) is -1.29. The van der Waals surface area contributed by atoms with Crippen molar-refractivity contribution in [3.8, 4) is 0 Å². The van der Waals surface area contributed by atoms with Crippen LogP contribution in [0.5, 0.6) is 0 Å². The summed E-state index contributed by atoms with van der Waals surface area (Å²) in [6, 6.07) is 0. The number of rotatable bonds is 2. The van der Waals surface area contributed by atoms with Gasteiger partial charge in [-0.2, -0.15) is 5.10 Å². The van der Waals surface area contributed by atoms with E-state index in [4.69, 9.17) is 5.11 Å². The smallest absolute Gasteiger partial charge is 0.312 e. The number of hydrogen-bond acceptors (Lipinski definition) is 2. The van der Waals surface area contributed by atoms with Crippen LogP contribution in [0.25, 0.3) is 0 Å². The topological polar surface area (TPSA) is 66.0 Å². The van der Waals surface area contributed by atoms with Crippen LogP contribution in [0.1, 0.15) is 42.6 Å². The first-order valence-corrected chi connectivity index (χ1v) is 4.99. The maximum absolute atomic E-state index is 10.8. The van der Waals surface area contributed by atoms with Crippen molar-refractivity contribution in [2.24, 2.45) is 0 Å². The fourth-order valence-corrected chi connectivity index (χ4v) is 1.98. The number of aromatic nitrogens is 2. The highest BCUT2D eigenvalue weighted by molar-refractivity contribution is 5.75. The van der Waals surface area contributed by atoms with Crippen LogP contribution in [0, 0.1) is 0 Å². The molecule has 1 unspecified atom stereocenters. The monoisotopic (exact) mass is 194 g/mol. The number of aromatic amines is 1. The van der Waals surface area contributed by atoms with Gasteiger partial charge in [0.05, 0.1) is 11.6 Å². The van der Waals surface area contributed by atoms with Crippen LogP contribution < -0.4 is 0 Å². The van der Waals surface area contributed by atoms with Gasteiger partial charge < -0.3 is 5.11 Å². The SMILES string of the molecule is CC(C(=O)O)c1n[nH]c2c1CCCC2. The molecule has 1 aromatic rings. The zero-order chi connectivity index (χ0) is 10.1. The van der Waals surface area contributed by atoms with Gasteiger partial charge in [-0.3, -0.25) is 9.89 Å². The number of aliphatic carboxylic acids is 1. The van der Waals surface area contributed by atoms with Crippen molar-refractivity contribution >= 4 is 5.97 Å². The number of carbonyl (C=O) groups is 1. The largest absolute Gasteiger partial charge is 0.481 e. The maximum Gasteiger partial charge on any atom is 0.312 e. The van der Waals surface area contributed by atoms with Crippen LogP contribution >= 0.6 is 0 Å². The minimum atomic E-state index is -0.801. The van der Waals surface area contributed by atoms with E-state index in [1.807, 2.05) is 0 Å². The Balaban J connectivity index is 2.34. The molecule has 76 valence electrons. The van der Waals surface area contributed by atoms with Crippen LogP contribution in [0.3, 0.4) is 0 Å². The molecule has 14 heavy (non-hydrogen) atoms. The normalized spacial score (nSPS) is 17.5. The summed E-state index contributed by atoms with van der Waals surface area (Å²) in [5, 5.41) is 16.0. The lowest BCUT2D eigenvalue weighted by molar-refractivity contribution is -0.138. The van der Waals surface area contributed by atoms with E-state index in [9.17, 15) is 4.79 Å². The van der Waals surface area contributed by atoms with Gasteiger partial charge in [-0.1, -0.05) is 0 Å². The minimum Gasteiger partial charge on any atom is -0.481 e. The first kappa shape index (κ1) is 9.24. The molecule has 0 spiro atoms. The van der Waals surface area contributed by atoms with Crippen molar-refractivity contribution in [2.45, 2.75) is 38.5 Å². The molecule has 1 heterocycles. The van der Waals surface area contributed by atoms with Gasteiger partial charge in [0.1, 0.15) is 0 Å². The number of carboxylic acids is 1. The second-order valence-electron chi connectivity index (χ2n) is 3.83. The Morgan fingerprint density at radius 1 is 1.50 bits per heavy atom. The Bertz CT molecular complexity index is 357. The van der Waals surface area contributed by atoms with Crippen LogP contribution in [0.4, 0.5) is 0 Å². The number of nitrogens with zero attached hydrogens (tertiary/aromatic N) is 1. The average molecular weight is 194 g/mol. The first-order chi connectivity index (χ1) is 6.70. The zero-order valence-electron chi connectivity index (χ0n) is 8.21. The van der Waals surface area contributed by atoms with Crippen LogP contribution in [-0.4, -0.2) is 21.3 Å². The fraction of sp³-hybridized carbons (Fsp3) is 0.600. The summed E-state index contributed by atoms with van der Waals surface area (Å²) in [6.07, 6.45) is 4.30. The van der Waals surface area contributed by atoms with Crippen molar-refractivity contribution in [1.82, 2.24) is 10.2 Å². The van der Waals surface area contributed by atoms with E-state index in [0.717, 1.165) is 36.2 Å². The van der Waals surface area contributed by atoms with Gasteiger partial charge in [-0.05, 0) is 38.2 Å². The highest BCUT2D eigenvalue weighted by Crippen LogP contribution is 2.26. The molecule has 0 aromatic carbocycles. The van der Waals surface area contributed by atoms with Crippen LogP contribution in [-0.2, 0) is 17.6 Å². The summed E-state index contributed by atoms with van der Waals surface area (Å²) in [7, 11) is 0. The molecule has 1 aliphatic carbocycles. The summed E-state index contributed by atoms with van der Waals surface area (Å²) in [6.45, 7) is 1.69. The highest BCUT2D eigenvalue weighted by atomic mass is 16.4. The standard InChI is InChI=1S/C10H14N2O2/c1-6(10(13)14)9-7-4-2-3-5-8(7)11-12-9/h6H,2-5H2,1H3,(H,11,12)(H,13,14). The third-order valence-electron chi connectivity index (χ3n) is 2.87. The number of aryl methyl sites for hydroxylation is 1. The van der Waals surface area contributed by atoms with Gasteiger partial charge in [-0.25, -0.2) is 0 Å². The second-order valence-corrected chi connectivity index (χ2v) is 3.83. The molecule has 0 radical (unpaired) electrons. The number of nitrogens with one attached hydrogen (secondary N) is 1. The second kappa shape index (κ2) is 3.44. The van der Waals surface area contributed by atoms with Gasteiger partial charge in [0, 0.05) is 5.69 Å². The summed E-state index contributed by atoms with van der Waals surface area (Å²) < 4.78 is 0.